The van der Waals surface area contributed by atoms with Gasteiger partial charge in [0.15, 0.2) is 5.16 Å². The number of hydrogen-bond acceptors (Lipinski definition) is 6. The van der Waals surface area contributed by atoms with Crippen LogP contribution < -0.4 is 5.56 Å². The van der Waals surface area contributed by atoms with Gasteiger partial charge in [0.1, 0.15) is 10.4 Å². The smallest absolute Gasteiger partial charge is 0.316 e. The van der Waals surface area contributed by atoms with Crippen LogP contribution in [0.4, 0.5) is 0 Å². The molecule has 0 saturated carbocycles. The molecular weight excluding hydrogens is 404 g/mol. The highest BCUT2D eigenvalue weighted by atomic mass is 32.2. The first kappa shape index (κ1) is 21.6. The molecule has 0 aliphatic heterocycles. The van der Waals surface area contributed by atoms with E-state index in [1.165, 1.54) is 23.1 Å². The quantitative estimate of drug-likeness (QED) is 0.327. The summed E-state index contributed by atoms with van der Waals surface area (Å²) in [6, 6.07) is 5.87. The summed E-state index contributed by atoms with van der Waals surface area (Å²) in [6.07, 6.45) is 0. The van der Waals surface area contributed by atoms with Crippen LogP contribution in [-0.2, 0) is 9.53 Å². The van der Waals surface area contributed by atoms with Gasteiger partial charge in [-0.15, -0.1) is 11.3 Å². The van der Waals surface area contributed by atoms with Gasteiger partial charge >= 0.3 is 5.97 Å². The molecule has 0 N–H and O–H groups in total. The Labute approximate surface area is 179 Å². The third kappa shape index (κ3) is 4.41. The molecule has 0 atom stereocenters. The van der Waals surface area contributed by atoms with Crippen molar-refractivity contribution in [2.45, 2.75) is 59.2 Å². The van der Waals surface area contributed by atoms with E-state index in [4.69, 9.17) is 9.72 Å². The minimum atomic E-state index is -0.552. The molecule has 0 spiro atoms. The monoisotopic (exact) mass is 430 g/mol. The number of thioether (sulfide) groups is 1. The minimum Gasteiger partial charge on any atom is -0.459 e. The highest BCUT2D eigenvalue weighted by molar-refractivity contribution is 7.99. The fourth-order valence-electron chi connectivity index (χ4n) is 3.06. The van der Waals surface area contributed by atoms with Crippen molar-refractivity contribution in [1.82, 2.24) is 9.55 Å². The number of thiophene rings is 1. The van der Waals surface area contributed by atoms with Crippen molar-refractivity contribution in [3.8, 4) is 5.69 Å². The third-order valence-electron chi connectivity index (χ3n) is 4.73. The largest absolute Gasteiger partial charge is 0.459 e. The Morgan fingerprint density at radius 1 is 1.17 bits per heavy atom. The molecule has 0 bridgehead atoms. The van der Waals surface area contributed by atoms with Crippen molar-refractivity contribution in [3.63, 3.8) is 0 Å². The molecule has 0 amide bonds. The van der Waals surface area contributed by atoms with Crippen LogP contribution in [0.5, 0.6) is 0 Å². The Morgan fingerprint density at radius 2 is 1.86 bits per heavy atom. The zero-order valence-corrected chi connectivity index (χ0v) is 19.5. The lowest BCUT2D eigenvalue weighted by Crippen LogP contribution is -2.26. The van der Waals surface area contributed by atoms with Gasteiger partial charge in [0, 0.05) is 4.88 Å². The van der Waals surface area contributed by atoms with Crippen LogP contribution in [0.1, 0.15) is 42.3 Å². The molecule has 2 heterocycles. The summed E-state index contributed by atoms with van der Waals surface area (Å²) in [5.41, 5.74) is 3.21. The Balaban J connectivity index is 2.16. The number of aromatic nitrogens is 2. The van der Waals surface area contributed by atoms with Crippen molar-refractivity contribution in [3.05, 3.63) is 50.1 Å². The number of benzene rings is 1. The lowest BCUT2D eigenvalue weighted by atomic mass is 10.1. The van der Waals surface area contributed by atoms with Gasteiger partial charge in [-0.2, -0.15) is 0 Å². The third-order valence-corrected chi connectivity index (χ3v) is 6.74. The van der Waals surface area contributed by atoms with E-state index in [0.717, 1.165) is 27.3 Å². The molecule has 0 unspecified atom stereocenters. The van der Waals surface area contributed by atoms with Crippen molar-refractivity contribution in [2.75, 3.05) is 5.75 Å². The van der Waals surface area contributed by atoms with Crippen LogP contribution in [-0.4, -0.2) is 26.9 Å². The fraction of sp³-hybridized carbons (Fsp3) is 0.409. The van der Waals surface area contributed by atoms with Crippen LogP contribution in [0, 0.1) is 27.7 Å². The SMILES string of the molecule is Cc1cccc(-n2c(SCC(=O)OC(C)(C)C)nc3sc(C)c(C)c3c2=O)c1C. The minimum absolute atomic E-state index is 0.0867. The summed E-state index contributed by atoms with van der Waals surface area (Å²) in [5, 5.41) is 1.15. The van der Waals surface area contributed by atoms with E-state index >= 15 is 0 Å². The van der Waals surface area contributed by atoms with Crippen LogP contribution in [0.2, 0.25) is 0 Å². The second-order valence-electron chi connectivity index (χ2n) is 8.09. The summed E-state index contributed by atoms with van der Waals surface area (Å²) < 4.78 is 7.05. The molecule has 29 heavy (non-hydrogen) atoms. The number of fused-ring (bicyclic) bond motifs is 1. The van der Waals surface area contributed by atoms with E-state index in [9.17, 15) is 9.59 Å². The zero-order chi connectivity index (χ0) is 21.5. The predicted molar refractivity (Wildman–Crippen MR) is 121 cm³/mol. The van der Waals surface area contributed by atoms with Crippen molar-refractivity contribution in [2.24, 2.45) is 0 Å². The van der Waals surface area contributed by atoms with Gasteiger partial charge in [-0.25, -0.2) is 4.98 Å². The average Bonchev–Trinajstić information content (AvgIpc) is 2.89. The Morgan fingerprint density at radius 3 is 2.52 bits per heavy atom. The fourth-order valence-corrected chi connectivity index (χ4v) is 4.91. The maximum atomic E-state index is 13.5. The van der Waals surface area contributed by atoms with E-state index < -0.39 is 5.60 Å². The highest BCUT2D eigenvalue weighted by Gasteiger charge is 2.21. The summed E-state index contributed by atoms with van der Waals surface area (Å²) >= 11 is 2.74. The van der Waals surface area contributed by atoms with Crippen molar-refractivity contribution >= 4 is 39.3 Å². The summed E-state index contributed by atoms with van der Waals surface area (Å²) in [6.45, 7) is 13.5. The van der Waals surface area contributed by atoms with Crippen molar-refractivity contribution < 1.29 is 9.53 Å². The van der Waals surface area contributed by atoms with Crippen LogP contribution in [0.25, 0.3) is 15.9 Å². The van der Waals surface area contributed by atoms with Gasteiger partial charge < -0.3 is 4.74 Å². The molecule has 1 aromatic carbocycles. The topological polar surface area (TPSA) is 61.2 Å². The van der Waals surface area contributed by atoms with E-state index in [1.54, 1.807) is 4.57 Å². The van der Waals surface area contributed by atoms with Gasteiger partial charge in [0.25, 0.3) is 5.56 Å². The van der Waals surface area contributed by atoms with Crippen LogP contribution >= 0.6 is 23.1 Å². The first-order valence-electron chi connectivity index (χ1n) is 9.43. The molecule has 154 valence electrons. The number of hydrogen-bond donors (Lipinski definition) is 0. The molecule has 0 aliphatic rings. The maximum Gasteiger partial charge on any atom is 0.316 e. The van der Waals surface area contributed by atoms with Crippen LogP contribution in [0.3, 0.4) is 0 Å². The van der Waals surface area contributed by atoms with Gasteiger partial charge in [0.2, 0.25) is 0 Å². The van der Waals surface area contributed by atoms with E-state index in [-0.39, 0.29) is 17.3 Å². The zero-order valence-electron chi connectivity index (χ0n) is 17.9. The molecule has 3 aromatic rings. The second kappa shape index (κ2) is 7.95. The summed E-state index contributed by atoms with van der Waals surface area (Å²) in [5.74, 6) is -0.244. The number of ether oxygens (including phenoxy) is 1. The number of carbonyl (C=O) groups is 1. The number of esters is 1. The molecule has 5 nitrogen and oxygen atoms in total. The Bertz CT molecular complexity index is 1150. The molecule has 0 radical (unpaired) electrons. The number of aryl methyl sites for hydroxylation is 3. The molecule has 0 saturated heterocycles. The maximum absolute atomic E-state index is 13.5. The Kier molecular flexibility index (Phi) is 5.92. The van der Waals surface area contributed by atoms with Gasteiger partial charge in [-0.3, -0.25) is 14.2 Å². The second-order valence-corrected chi connectivity index (χ2v) is 10.2. The van der Waals surface area contributed by atoms with Crippen LogP contribution in [0.15, 0.2) is 28.2 Å². The van der Waals surface area contributed by atoms with E-state index in [1.807, 2.05) is 66.7 Å². The number of nitrogens with zero attached hydrogens (tertiary/aromatic N) is 2. The molecular formula is C22H26N2O3S2. The molecule has 2 aromatic heterocycles. The Hall–Kier alpha value is -2.12. The lowest BCUT2D eigenvalue weighted by molar-refractivity contribution is -0.151. The normalized spacial score (nSPS) is 11.8. The standard InChI is InChI=1S/C22H26N2O3S2/c1-12-9-8-10-16(13(12)2)24-20(26)18-14(3)15(4)29-19(18)23-21(24)28-11-17(25)27-22(5,6)7/h8-10H,11H2,1-7H3. The predicted octanol–water partition coefficient (Wildman–Crippen LogP) is 5.11. The highest BCUT2D eigenvalue weighted by Crippen LogP contribution is 2.30. The summed E-state index contributed by atoms with van der Waals surface area (Å²) in [7, 11) is 0. The average molecular weight is 431 g/mol. The first-order chi connectivity index (χ1) is 13.5. The number of carbonyl (C=O) groups excluding carboxylic acids is 1. The van der Waals surface area contributed by atoms with Gasteiger partial charge in [-0.1, -0.05) is 23.9 Å². The number of rotatable bonds is 4. The molecule has 3 rings (SSSR count). The molecule has 0 fully saturated rings. The first-order valence-corrected chi connectivity index (χ1v) is 11.2. The van der Waals surface area contributed by atoms with E-state index in [0.29, 0.717) is 15.4 Å². The lowest BCUT2D eigenvalue weighted by Gasteiger charge is -2.20. The molecule has 0 aliphatic carbocycles. The van der Waals surface area contributed by atoms with Crippen molar-refractivity contribution in [1.29, 1.82) is 0 Å². The van der Waals surface area contributed by atoms with Gasteiger partial charge in [-0.05, 0) is 71.2 Å². The molecule has 7 heteroatoms. The van der Waals surface area contributed by atoms with E-state index in [2.05, 4.69) is 0 Å². The van der Waals surface area contributed by atoms with Gasteiger partial charge in [0.05, 0.1) is 16.8 Å². The summed E-state index contributed by atoms with van der Waals surface area (Å²) in [4.78, 5) is 32.3.